The summed E-state index contributed by atoms with van der Waals surface area (Å²) in [6, 6.07) is 0. The van der Waals surface area contributed by atoms with Gasteiger partial charge in [-0.05, 0) is 64.7 Å². The second kappa shape index (κ2) is 8.33. The van der Waals surface area contributed by atoms with Crippen molar-refractivity contribution in [3.05, 3.63) is 0 Å². The Bertz CT molecular complexity index is 331. The van der Waals surface area contributed by atoms with E-state index < -0.39 is 5.60 Å². The molecule has 0 aromatic rings. The summed E-state index contributed by atoms with van der Waals surface area (Å²) in [6.45, 7) is 5.78. The summed E-state index contributed by atoms with van der Waals surface area (Å²) in [4.78, 5) is 11.7. The first-order valence-electron chi connectivity index (χ1n) is 9.26. The van der Waals surface area contributed by atoms with Gasteiger partial charge in [0.15, 0.2) is 0 Å². The molecule has 2 fully saturated rings. The van der Waals surface area contributed by atoms with Crippen LogP contribution >= 0.6 is 0 Å². The minimum Gasteiger partial charge on any atom is -0.458 e. The van der Waals surface area contributed by atoms with Gasteiger partial charge < -0.3 is 9.47 Å². The van der Waals surface area contributed by atoms with Crippen LogP contribution < -0.4 is 0 Å². The molecule has 0 unspecified atom stereocenters. The minimum absolute atomic E-state index is 0.106. The van der Waals surface area contributed by atoms with E-state index in [-0.39, 0.29) is 18.7 Å². The van der Waals surface area contributed by atoms with E-state index in [1.165, 1.54) is 51.4 Å². The van der Waals surface area contributed by atoms with Gasteiger partial charge in [-0.3, -0.25) is 0 Å². The number of hydrogen-bond donors (Lipinski definition) is 0. The fraction of sp³-hybridized carbons (Fsp3) is 0.947. The number of esters is 1. The maximum absolute atomic E-state index is 11.7. The fourth-order valence-electron chi connectivity index (χ4n) is 3.99. The second-order valence-electron chi connectivity index (χ2n) is 8.28. The van der Waals surface area contributed by atoms with Crippen molar-refractivity contribution in [3.63, 3.8) is 0 Å². The molecule has 3 nitrogen and oxygen atoms in total. The lowest BCUT2D eigenvalue weighted by Gasteiger charge is -2.32. The smallest absolute Gasteiger partial charge is 0.332 e. The molecular weight excluding hydrogens is 276 g/mol. The van der Waals surface area contributed by atoms with E-state index in [2.05, 4.69) is 0 Å². The van der Waals surface area contributed by atoms with E-state index in [4.69, 9.17) is 9.47 Å². The monoisotopic (exact) mass is 310 g/mol. The van der Waals surface area contributed by atoms with Gasteiger partial charge in [-0.2, -0.15) is 0 Å². The highest BCUT2D eigenvalue weighted by molar-refractivity contribution is 5.71. The largest absolute Gasteiger partial charge is 0.458 e. The Morgan fingerprint density at radius 1 is 0.909 bits per heavy atom. The summed E-state index contributed by atoms with van der Waals surface area (Å²) in [6.07, 6.45) is 13.7. The van der Waals surface area contributed by atoms with Crippen LogP contribution in [0.2, 0.25) is 0 Å². The molecule has 3 heteroatoms. The summed E-state index contributed by atoms with van der Waals surface area (Å²) in [7, 11) is 0. The zero-order valence-corrected chi connectivity index (χ0v) is 14.7. The Labute approximate surface area is 136 Å². The maximum Gasteiger partial charge on any atom is 0.332 e. The van der Waals surface area contributed by atoms with Crippen LogP contribution in [0.1, 0.15) is 85.0 Å². The van der Waals surface area contributed by atoms with Crippen molar-refractivity contribution in [2.24, 2.45) is 11.8 Å². The van der Waals surface area contributed by atoms with E-state index >= 15 is 0 Å². The number of ether oxygens (including phenoxy) is 2. The summed E-state index contributed by atoms with van der Waals surface area (Å²) in [5, 5.41) is 0. The molecule has 0 bridgehead atoms. The Kier molecular flexibility index (Phi) is 6.73. The molecule has 2 saturated carbocycles. The van der Waals surface area contributed by atoms with Crippen LogP contribution in [0.15, 0.2) is 0 Å². The van der Waals surface area contributed by atoms with Crippen LogP contribution in [-0.4, -0.2) is 24.3 Å². The summed E-state index contributed by atoms with van der Waals surface area (Å²) >= 11 is 0. The van der Waals surface area contributed by atoms with Gasteiger partial charge in [0.05, 0.1) is 6.10 Å². The zero-order valence-electron chi connectivity index (χ0n) is 14.7. The van der Waals surface area contributed by atoms with Gasteiger partial charge in [0.25, 0.3) is 0 Å². The lowest BCUT2D eigenvalue weighted by atomic mass is 9.77. The highest BCUT2D eigenvalue weighted by Gasteiger charge is 2.26. The van der Waals surface area contributed by atoms with Gasteiger partial charge in [-0.25, -0.2) is 4.79 Å². The molecule has 0 aliphatic heterocycles. The molecule has 0 aromatic heterocycles. The van der Waals surface area contributed by atoms with Crippen molar-refractivity contribution >= 4 is 5.97 Å². The molecular formula is C19H34O3. The average molecular weight is 310 g/mol. The molecule has 0 heterocycles. The standard InChI is InChI=1S/C19H34O3/c1-19(2,3)22-18(20)14-21-17-11-9-16(10-12-17)13-15-7-5-4-6-8-15/h15-17H,4-14H2,1-3H3. The maximum atomic E-state index is 11.7. The summed E-state index contributed by atoms with van der Waals surface area (Å²) in [5.74, 6) is 1.64. The molecule has 0 amide bonds. The molecule has 2 rings (SSSR count). The van der Waals surface area contributed by atoms with Crippen molar-refractivity contribution in [2.75, 3.05) is 6.61 Å². The van der Waals surface area contributed by atoms with Crippen molar-refractivity contribution in [1.29, 1.82) is 0 Å². The zero-order chi connectivity index (χ0) is 16.0. The van der Waals surface area contributed by atoms with Crippen LogP contribution in [0.25, 0.3) is 0 Å². The number of carbonyl (C=O) groups is 1. The lowest BCUT2D eigenvalue weighted by molar-refractivity contribution is -0.163. The third-order valence-corrected chi connectivity index (χ3v) is 5.04. The third-order valence-electron chi connectivity index (χ3n) is 5.04. The molecule has 0 N–H and O–H groups in total. The topological polar surface area (TPSA) is 35.5 Å². The number of rotatable bonds is 5. The Morgan fingerprint density at radius 3 is 2.09 bits per heavy atom. The Hall–Kier alpha value is -0.570. The van der Waals surface area contributed by atoms with Crippen LogP contribution in [-0.2, 0) is 14.3 Å². The fourth-order valence-corrected chi connectivity index (χ4v) is 3.99. The van der Waals surface area contributed by atoms with Crippen LogP contribution in [0, 0.1) is 11.8 Å². The first-order valence-corrected chi connectivity index (χ1v) is 9.26. The van der Waals surface area contributed by atoms with Crippen molar-refractivity contribution in [2.45, 2.75) is 96.7 Å². The lowest BCUT2D eigenvalue weighted by Crippen LogP contribution is -2.30. The van der Waals surface area contributed by atoms with Crippen LogP contribution in [0.4, 0.5) is 0 Å². The molecule has 0 saturated heterocycles. The van der Waals surface area contributed by atoms with Gasteiger partial charge in [0.1, 0.15) is 12.2 Å². The van der Waals surface area contributed by atoms with Gasteiger partial charge >= 0.3 is 5.97 Å². The molecule has 128 valence electrons. The van der Waals surface area contributed by atoms with Crippen molar-refractivity contribution < 1.29 is 14.3 Å². The van der Waals surface area contributed by atoms with Crippen LogP contribution in [0.3, 0.4) is 0 Å². The van der Waals surface area contributed by atoms with E-state index in [1.807, 2.05) is 20.8 Å². The molecule has 2 aliphatic rings. The quantitative estimate of drug-likeness (QED) is 0.679. The van der Waals surface area contributed by atoms with Gasteiger partial charge in [0, 0.05) is 0 Å². The highest BCUT2D eigenvalue weighted by Crippen LogP contribution is 2.35. The van der Waals surface area contributed by atoms with Gasteiger partial charge in [-0.15, -0.1) is 0 Å². The van der Waals surface area contributed by atoms with Gasteiger partial charge in [-0.1, -0.05) is 32.1 Å². The molecule has 0 radical (unpaired) electrons. The number of carbonyl (C=O) groups excluding carboxylic acids is 1. The summed E-state index contributed by atoms with van der Waals surface area (Å²) < 4.78 is 11.0. The highest BCUT2D eigenvalue weighted by atomic mass is 16.6. The first-order chi connectivity index (χ1) is 10.4. The second-order valence-corrected chi connectivity index (χ2v) is 8.28. The first kappa shape index (κ1) is 17.8. The Morgan fingerprint density at radius 2 is 1.50 bits per heavy atom. The van der Waals surface area contributed by atoms with Crippen molar-refractivity contribution in [1.82, 2.24) is 0 Å². The minimum atomic E-state index is -0.419. The molecule has 0 spiro atoms. The predicted molar refractivity (Wildman–Crippen MR) is 88.7 cm³/mol. The normalized spacial score (nSPS) is 27.6. The molecule has 2 aliphatic carbocycles. The summed E-state index contributed by atoms with van der Waals surface area (Å²) in [5.41, 5.74) is -0.419. The van der Waals surface area contributed by atoms with E-state index in [0.29, 0.717) is 0 Å². The van der Waals surface area contributed by atoms with E-state index in [1.54, 1.807) is 0 Å². The van der Waals surface area contributed by atoms with Gasteiger partial charge in [0.2, 0.25) is 0 Å². The van der Waals surface area contributed by atoms with Crippen LogP contribution in [0.5, 0.6) is 0 Å². The predicted octanol–water partition coefficient (Wildman–Crippen LogP) is 4.87. The third kappa shape index (κ3) is 6.68. The Balaban J connectivity index is 1.59. The SMILES string of the molecule is CC(C)(C)OC(=O)COC1CCC(CC2CCCCC2)CC1. The molecule has 22 heavy (non-hydrogen) atoms. The molecule has 0 aromatic carbocycles. The van der Waals surface area contributed by atoms with E-state index in [9.17, 15) is 4.79 Å². The van der Waals surface area contributed by atoms with Crippen molar-refractivity contribution in [3.8, 4) is 0 Å². The molecule has 0 atom stereocenters. The number of hydrogen-bond acceptors (Lipinski definition) is 3. The van der Waals surface area contributed by atoms with E-state index in [0.717, 1.165) is 24.7 Å². The average Bonchev–Trinajstić information content (AvgIpc) is 2.46.